The molecule has 1 atom stereocenters. The highest BCUT2D eigenvalue weighted by Crippen LogP contribution is 2.33. The number of nitrogens with one attached hydrogen (secondary N) is 1. The number of carbonyl (C=O) groups excluding carboxylic acids is 1. The molecule has 2 aromatic rings. The van der Waals surface area contributed by atoms with E-state index in [1.165, 1.54) is 5.56 Å². The molecule has 1 saturated heterocycles. The van der Waals surface area contributed by atoms with Crippen molar-refractivity contribution in [3.63, 3.8) is 0 Å². The van der Waals surface area contributed by atoms with E-state index in [1.54, 1.807) is 0 Å². The molecule has 1 N–H and O–H groups in total. The van der Waals surface area contributed by atoms with Gasteiger partial charge in [-0.15, -0.1) is 0 Å². The summed E-state index contributed by atoms with van der Waals surface area (Å²) in [5.41, 5.74) is 3.48. The number of aromatic amines is 1. The molecule has 1 fully saturated rings. The molecule has 0 spiro atoms. The lowest BCUT2D eigenvalue weighted by Gasteiger charge is -2.41. The van der Waals surface area contributed by atoms with E-state index in [0.717, 1.165) is 37.2 Å². The first kappa shape index (κ1) is 18.4. The number of nitrogens with zero attached hydrogens (tertiary/aromatic N) is 2. The predicted molar refractivity (Wildman–Crippen MR) is 102 cm³/mol. The molecule has 1 aromatic carbocycles. The van der Waals surface area contributed by atoms with Crippen molar-refractivity contribution < 1.29 is 4.79 Å². The number of hydrogen-bond acceptors (Lipinski definition) is 3. The topological polar surface area (TPSA) is 66.1 Å². The van der Waals surface area contributed by atoms with Crippen LogP contribution in [0.1, 0.15) is 48.7 Å². The van der Waals surface area contributed by atoms with Crippen molar-refractivity contribution in [3.05, 3.63) is 63.3 Å². The summed E-state index contributed by atoms with van der Waals surface area (Å²) in [4.78, 5) is 32.9. The van der Waals surface area contributed by atoms with Gasteiger partial charge in [-0.05, 0) is 44.2 Å². The van der Waals surface area contributed by atoms with Gasteiger partial charge in [0.05, 0.1) is 0 Å². The summed E-state index contributed by atoms with van der Waals surface area (Å²) in [7, 11) is 0. The zero-order valence-electron chi connectivity index (χ0n) is 15.8. The van der Waals surface area contributed by atoms with Crippen LogP contribution in [0.2, 0.25) is 0 Å². The molecule has 2 heterocycles. The molecule has 0 aliphatic carbocycles. The molecule has 0 radical (unpaired) electrons. The highest BCUT2D eigenvalue weighted by atomic mass is 16.2. The minimum Gasteiger partial charge on any atom is -0.342 e. The molecule has 138 valence electrons. The standard InChI is InChI=1S/C21H27N3O2/c1-15-18(16(2)23-20(26)22-15)10-11-19(25)24-13-7-12-21(3,14-24)17-8-5-4-6-9-17/h4-6,8-9H,7,10-14H2,1-3H3,(H,22,23,26)/t21-/m0/s1. The number of H-pyrrole nitrogens is 1. The third kappa shape index (κ3) is 3.87. The van der Waals surface area contributed by atoms with Gasteiger partial charge in [0.2, 0.25) is 5.91 Å². The molecule has 26 heavy (non-hydrogen) atoms. The summed E-state index contributed by atoms with van der Waals surface area (Å²) < 4.78 is 0. The zero-order valence-corrected chi connectivity index (χ0v) is 15.8. The smallest absolute Gasteiger partial charge is 0.342 e. The Bertz CT molecular complexity index is 818. The van der Waals surface area contributed by atoms with E-state index in [1.807, 2.05) is 24.8 Å². The number of amides is 1. The van der Waals surface area contributed by atoms with Gasteiger partial charge in [0, 0.05) is 36.3 Å². The summed E-state index contributed by atoms with van der Waals surface area (Å²) in [5.74, 6) is 0.178. The molecule has 1 aliphatic heterocycles. The largest absolute Gasteiger partial charge is 0.345 e. The van der Waals surface area contributed by atoms with E-state index >= 15 is 0 Å². The van der Waals surface area contributed by atoms with Crippen LogP contribution in [-0.2, 0) is 16.6 Å². The summed E-state index contributed by atoms with van der Waals surface area (Å²) in [5, 5.41) is 0. The van der Waals surface area contributed by atoms with Crippen molar-refractivity contribution in [2.45, 2.75) is 51.9 Å². The average Bonchev–Trinajstić information content (AvgIpc) is 2.61. The van der Waals surface area contributed by atoms with E-state index in [9.17, 15) is 9.59 Å². The summed E-state index contributed by atoms with van der Waals surface area (Å²) in [6, 6.07) is 10.5. The van der Waals surface area contributed by atoms with Crippen molar-refractivity contribution in [2.75, 3.05) is 13.1 Å². The molecule has 0 bridgehead atoms. The molecule has 1 amide bonds. The number of likely N-dealkylation sites (tertiary alicyclic amines) is 1. The van der Waals surface area contributed by atoms with Gasteiger partial charge in [-0.25, -0.2) is 4.79 Å². The van der Waals surface area contributed by atoms with Crippen LogP contribution in [0.3, 0.4) is 0 Å². The summed E-state index contributed by atoms with van der Waals surface area (Å²) in [6.45, 7) is 7.53. The third-order valence-electron chi connectivity index (χ3n) is 5.56. The Morgan fingerprint density at radius 1 is 1.27 bits per heavy atom. The number of benzene rings is 1. The van der Waals surface area contributed by atoms with Gasteiger partial charge in [-0.2, -0.15) is 4.98 Å². The first-order chi connectivity index (χ1) is 12.4. The van der Waals surface area contributed by atoms with Crippen LogP contribution < -0.4 is 5.69 Å². The molecular formula is C21H27N3O2. The molecule has 1 aliphatic rings. The van der Waals surface area contributed by atoms with Crippen molar-refractivity contribution >= 4 is 5.91 Å². The maximum Gasteiger partial charge on any atom is 0.345 e. The zero-order chi connectivity index (χ0) is 18.7. The maximum atomic E-state index is 12.8. The van der Waals surface area contributed by atoms with Gasteiger partial charge in [0.15, 0.2) is 0 Å². The van der Waals surface area contributed by atoms with Gasteiger partial charge in [0.1, 0.15) is 0 Å². The summed E-state index contributed by atoms with van der Waals surface area (Å²) in [6.07, 6.45) is 3.18. The first-order valence-corrected chi connectivity index (χ1v) is 9.29. The van der Waals surface area contributed by atoms with Crippen LogP contribution in [0.5, 0.6) is 0 Å². The second-order valence-electron chi connectivity index (χ2n) is 7.58. The molecule has 0 unspecified atom stereocenters. The molecule has 1 aromatic heterocycles. The van der Waals surface area contributed by atoms with Gasteiger partial charge >= 0.3 is 5.69 Å². The Morgan fingerprint density at radius 3 is 2.69 bits per heavy atom. The lowest BCUT2D eigenvalue weighted by molar-refractivity contribution is -0.133. The highest BCUT2D eigenvalue weighted by molar-refractivity contribution is 5.76. The Hall–Kier alpha value is -2.43. The molecule has 3 rings (SSSR count). The third-order valence-corrected chi connectivity index (χ3v) is 5.56. The molecule has 5 heteroatoms. The SMILES string of the molecule is Cc1nc(=O)[nH]c(C)c1CCC(=O)N1CCC[C@](C)(c2ccccc2)C1. The number of aryl methyl sites for hydroxylation is 2. The maximum absolute atomic E-state index is 12.8. The van der Waals surface area contributed by atoms with Crippen LogP contribution >= 0.6 is 0 Å². The molecule has 0 saturated carbocycles. The Kier molecular flexibility index (Phi) is 5.25. The van der Waals surface area contributed by atoms with Crippen LogP contribution in [0.25, 0.3) is 0 Å². The fourth-order valence-corrected chi connectivity index (χ4v) is 4.04. The minimum absolute atomic E-state index is 0.0144. The van der Waals surface area contributed by atoms with Gasteiger partial charge in [0.25, 0.3) is 0 Å². The molecular weight excluding hydrogens is 326 g/mol. The second kappa shape index (κ2) is 7.44. The van der Waals surface area contributed by atoms with Crippen molar-refractivity contribution in [3.8, 4) is 0 Å². The normalized spacial score (nSPS) is 20.2. The van der Waals surface area contributed by atoms with E-state index in [0.29, 0.717) is 18.5 Å². The lowest BCUT2D eigenvalue weighted by Crippen LogP contribution is -2.47. The number of hydrogen-bond donors (Lipinski definition) is 1. The Labute approximate surface area is 154 Å². The predicted octanol–water partition coefficient (Wildman–Crippen LogP) is 2.90. The highest BCUT2D eigenvalue weighted by Gasteiger charge is 2.34. The van der Waals surface area contributed by atoms with Gasteiger partial charge in [-0.3, -0.25) is 4.79 Å². The van der Waals surface area contributed by atoms with Crippen LogP contribution in [0.15, 0.2) is 35.1 Å². The van der Waals surface area contributed by atoms with E-state index in [2.05, 4.69) is 41.2 Å². The number of carbonyl (C=O) groups is 1. The number of rotatable bonds is 4. The Balaban J connectivity index is 1.68. The van der Waals surface area contributed by atoms with Gasteiger partial charge < -0.3 is 9.88 Å². The van der Waals surface area contributed by atoms with Crippen LogP contribution in [0.4, 0.5) is 0 Å². The van der Waals surface area contributed by atoms with Crippen LogP contribution in [0, 0.1) is 13.8 Å². The fourth-order valence-electron chi connectivity index (χ4n) is 4.04. The number of piperidine rings is 1. The van der Waals surface area contributed by atoms with Crippen molar-refractivity contribution in [2.24, 2.45) is 0 Å². The number of aromatic nitrogens is 2. The van der Waals surface area contributed by atoms with E-state index in [4.69, 9.17) is 0 Å². The summed E-state index contributed by atoms with van der Waals surface area (Å²) >= 11 is 0. The van der Waals surface area contributed by atoms with Crippen molar-refractivity contribution in [1.82, 2.24) is 14.9 Å². The fraction of sp³-hybridized carbons (Fsp3) is 0.476. The van der Waals surface area contributed by atoms with Gasteiger partial charge in [-0.1, -0.05) is 37.3 Å². The van der Waals surface area contributed by atoms with E-state index < -0.39 is 0 Å². The van der Waals surface area contributed by atoms with Crippen LogP contribution in [-0.4, -0.2) is 33.9 Å². The quantitative estimate of drug-likeness (QED) is 0.919. The molecule has 5 nitrogen and oxygen atoms in total. The second-order valence-corrected chi connectivity index (χ2v) is 7.58. The van der Waals surface area contributed by atoms with E-state index in [-0.39, 0.29) is 17.0 Å². The minimum atomic E-state index is -0.329. The monoisotopic (exact) mass is 353 g/mol. The van der Waals surface area contributed by atoms with Crippen molar-refractivity contribution in [1.29, 1.82) is 0 Å². The average molecular weight is 353 g/mol. The Morgan fingerprint density at radius 2 is 2.00 bits per heavy atom. The lowest BCUT2D eigenvalue weighted by atomic mass is 9.76. The first-order valence-electron chi connectivity index (χ1n) is 9.29.